The van der Waals surface area contributed by atoms with Gasteiger partial charge in [-0.3, -0.25) is 4.79 Å². The van der Waals surface area contributed by atoms with Gasteiger partial charge >= 0.3 is 6.18 Å². The van der Waals surface area contributed by atoms with E-state index in [-0.39, 0.29) is 18.0 Å². The molecule has 84 valence electrons. The number of hydrogen-bond acceptors (Lipinski definition) is 1. The summed E-state index contributed by atoms with van der Waals surface area (Å²) < 4.78 is 36.5. The zero-order chi connectivity index (χ0) is 10.8. The van der Waals surface area contributed by atoms with Crippen LogP contribution in [0.5, 0.6) is 0 Å². The Labute approximate surface area is 91.7 Å². The Kier molecular flexibility index (Phi) is 4.81. The molecule has 0 radical (unpaired) electrons. The van der Waals surface area contributed by atoms with Gasteiger partial charge in [-0.1, -0.05) is 30.3 Å². The van der Waals surface area contributed by atoms with Gasteiger partial charge in [-0.2, -0.15) is 13.2 Å². The molecule has 1 aromatic rings. The fraction of sp³-hybridized carbons (Fsp3) is 0.300. The molecule has 0 spiro atoms. The average Bonchev–Trinajstić information content (AvgIpc) is 2.15. The molecule has 1 rings (SSSR count). The lowest BCUT2D eigenvalue weighted by Gasteiger charge is -2.13. The zero-order valence-electron chi connectivity index (χ0n) is 7.91. The van der Waals surface area contributed by atoms with Gasteiger partial charge in [0.05, 0.1) is 0 Å². The van der Waals surface area contributed by atoms with E-state index in [4.69, 9.17) is 0 Å². The summed E-state index contributed by atoms with van der Waals surface area (Å²) in [6.07, 6.45) is -4.47. The molecule has 0 aromatic heterocycles. The molecule has 0 saturated carbocycles. The van der Waals surface area contributed by atoms with Crippen molar-refractivity contribution < 1.29 is 18.0 Å². The van der Waals surface area contributed by atoms with Crippen LogP contribution in [0.2, 0.25) is 0 Å². The third kappa shape index (κ3) is 3.55. The summed E-state index contributed by atoms with van der Waals surface area (Å²) in [4.78, 5) is 11.3. The Morgan fingerprint density at radius 2 is 1.67 bits per heavy atom. The minimum Gasteiger partial charge on any atom is -0.294 e. The second kappa shape index (κ2) is 5.16. The van der Waals surface area contributed by atoms with Crippen molar-refractivity contribution in [3.8, 4) is 0 Å². The number of Topliss-reactive ketones (excluding diaryl/α,β-unsaturated/α-hetero) is 1. The molecule has 0 aliphatic carbocycles. The fourth-order valence-corrected chi connectivity index (χ4v) is 1.00. The van der Waals surface area contributed by atoms with Crippen LogP contribution < -0.4 is 0 Å². The zero-order valence-corrected chi connectivity index (χ0v) is 8.73. The predicted octanol–water partition coefficient (Wildman–Crippen LogP) is 3.49. The van der Waals surface area contributed by atoms with Gasteiger partial charge in [-0.15, -0.1) is 12.4 Å². The van der Waals surface area contributed by atoms with Crippen LogP contribution in [0, 0.1) is 5.92 Å². The van der Waals surface area contributed by atoms with Crippen LogP contribution in [0.15, 0.2) is 30.3 Å². The van der Waals surface area contributed by atoms with Crippen molar-refractivity contribution >= 4 is 18.2 Å². The molecule has 15 heavy (non-hydrogen) atoms. The van der Waals surface area contributed by atoms with E-state index >= 15 is 0 Å². The minimum atomic E-state index is -4.47. The van der Waals surface area contributed by atoms with Crippen molar-refractivity contribution in [1.29, 1.82) is 0 Å². The summed E-state index contributed by atoms with van der Waals surface area (Å²) >= 11 is 0. The molecule has 0 N–H and O–H groups in total. The molecule has 0 amide bonds. The number of hydrogen-bond donors (Lipinski definition) is 0. The van der Waals surface area contributed by atoms with E-state index in [1.54, 1.807) is 6.07 Å². The first-order valence-corrected chi connectivity index (χ1v) is 4.09. The quantitative estimate of drug-likeness (QED) is 0.721. The normalized spacial score (nSPS) is 12.8. The number of carbonyl (C=O) groups excluding carboxylic acids is 1. The number of halogens is 4. The van der Waals surface area contributed by atoms with Crippen LogP contribution in [-0.2, 0) is 0 Å². The van der Waals surface area contributed by atoms with E-state index < -0.39 is 17.9 Å². The van der Waals surface area contributed by atoms with Gasteiger partial charge in [0.15, 0.2) is 5.78 Å². The number of alkyl halides is 3. The minimum absolute atomic E-state index is 0. The van der Waals surface area contributed by atoms with E-state index in [2.05, 4.69) is 0 Å². The molecule has 1 unspecified atom stereocenters. The highest BCUT2D eigenvalue weighted by molar-refractivity contribution is 5.98. The standard InChI is InChI=1S/C10H9F3O.ClH/c1-7(10(11,12)13)9(14)8-5-3-2-4-6-8;/h2-7H,1H3;1H. The fourth-order valence-electron chi connectivity index (χ4n) is 1.00. The highest BCUT2D eigenvalue weighted by Gasteiger charge is 2.41. The van der Waals surface area contributed by atoms with Crippen molar-refractivity contribution in [2.45, 2.75) is 13.1 Å². The first-order valence-electron chi connectivity index (χ1n) is 4.09. The first-order chi connectivity index (χ1) is 6.43. The van der Waals surface area contributed by atoms with Gasteiger partial charge in [0.25, 0.3) is 0 Å². The Bertz CT molecular complexity index is 321. The molecule has 0 aliphatic heterocycles. The molecular formula is C10H10ClF3O. The number of rotatable bonds is 2. The lowest BCUT2D eigenvalue weighted by molar-refractivity contribution is -0.155. The van der Waals surface area contributed by atoms with Gasteiger partial charge in [-0.05, 0) is 6.92 Å². The predicted molar refractivity (Wildman–Crippen MR) is 53.2 cm³/mol. The van der Waals surface area contributed by atoms with Crippen molar-refractivity contribution in [3.05, 3.63) is 35.9 Å². The summed E-state index contributed by atoms with van der Waals surface area (Å²) in [5.41, 5.74) is 0.0947. The molecule has 5 heteroatoms. The summed E-state index contributed by atoms with van der Waals surface area (Å²) in [6.45, 7) is 0.870. The molecule has 1 atom stereocenters. The van der Waals surface area contributed by atoms with Gasteiger partial charge in [0.2, 0.25) is 0 Å². The van der Waals surface area contributed by atoms with Gasteiger partial charge < -0.3 is 0 Å². The molecule has 0 aliphatic rings. The van der Waals surface area contributed by atoms with E-state index in [1.165, 1.54) is 24.3 Å². The highest BCUT2D eigenvalue weighted by Crippen LogP contribution is 2.28. The topological polar surface area (TPSA) is 17.1 Å². The highest BCUT2D eigenvalue weighted by atomic mass is 35.5. The SMILES string of the molecule is CC(C(=O)c1ccccc1)C(F)(F)F.Cl. The summed E-state index contributed by atoms with van der Waals surface area (Å²) in [7, 11) is 0. The first kappa shape index (κ1) is 14.0. The van der Waals surface area contributed by atoms with E-state index in [9.17, 15) is 18.0 Å². The van der Waals surface area contributed by atoms with Crippen molar-refractivity contribution in [2.75, 3.05) is 0 Å². The third-order valence-electron chi connectivity index (χ3n) is 1.94. The molecule has 0 bridgehead atoms. The number of carbonyl (C=O) groups is 1. The second-order valence-electron chi connectivity index (χ2n) is 2.99. The Balaban J connectivity index is 0.00000196. The molecule has 0 heterocycles. The lowest BCUT2D eigenvalue weighted by atomic mass is 9.99. The van der Waals surface area contributed by atoms with Crippen molar-refractivity contribution in [3.63, 3.8) is 0 Å². The molecule has 0 fully saturated rings. The van der Waals surface area contributed by atoms with E-state index in [1.807, 2.05) is 0 Å². The second-order valence-corrected chi connectivity index (χ2v) is 2.99. The van der Waals surface area contributed by atoms with E-state index in [0.717, 1.165) is 6.92 Å². The van der Waals surface area contributed by atoms with Crippen LogP contribution in [0.1, 0.15) is 17.3 Å². The Morgan fingerprint density at radius 1 is 1.20 bits per heavy atom. The van der Waals surface area contributed by atoms with Crippen LogP contribution in [0.3, 0.4) is 0 Å². The van der Waals surface area contributed by atoms with Crippen LogP contribution in [0.4, 0.5) is 13.2 Å². The van der Waals surface area contributed by atoms with Crippen LogP contribution >= 0.6 is 12.4 Å². The molecule has 0 saturated heterocycles. The maximum Gasteiger partial charge on any atom is 0.398 e. The van der Waals surface area contributed by atoms with Gasteiger partial charge in [-0.25, -0.2) is 0 Å². The van der Waals surface area contributed by atoms with Crippen molar-refractivity contribution in [2.24, 2.45) is 5.92 Å². The molecule has 1 aromatic carbocycles. The lowest BCUT2D eigenvalue weighted by Crippen LogP contribution is -2.27. The van der Waals surface area contributed by atoms with Crippen molar-refractivity contribution in [1.82, 2.24) is 0 Å². The van der Waals surface area contributed by atoms with Gasteiger partial charge in [0.1, 0.15) is 5.92 Å². The maximum absolute atomic E-state index is 12.2. The Hall–Kier alpha value is -1.03. The monoisotopic (exact) mass is 238 g/mol. The maximum atomic E-state index is 12.2. The largest absolute Gasteiger partial charge is 0.398 e. The Morgan fingerprint density at radius 3 is 2.07 bits per heavy atom. The van der Waals surface area contributed by atoms with Crippen LogP contribution in [-0.4, -0.2) is 12.0 Å². The average molecular weight is 239 g/mol. The number of ketones is 1. The number of benzene rings is 1. The van der Waals surface area contributed by atoms with E-state index in [0.29, 0.717) is 0 Å². The van der Waals surface area contributed by atoms with Crippen LogP contribution in [0.25, 0.3) is 0 Å². The summed E-state index contributed by atoms with van der Waals surface area (Å²) in [5.74, 6) is -2.83. The third-order valence-corrected chi connectivity index (χ3v) is 1.94. The summed E-state index contributed by atoms with van der Waals surface area (Å²) in [6, 6.07) is 7.48. The summed E-state index contributed by atoms with van der Waals surface area (Å²) in [5, 5.41) is 0. The molecular weight excluding hydrogens is 229 g/mol. The van der Waals surface area contributed by atoms with Gasteiger partial charge in [0, 0.05) is 5.56 Å². The molecule has 1 nitrogen and oxygen atoms in total. The smallest absolute Gasteiger partial charge is 0.294 e.